The first-order chi connectivity index (χ1) is 13.6. The van der Waals surface area contributed by atoms with Crippen LogP contribution in [-0.2, 0) is 29.0 Å². The van der Waals surface area contributed by atoms with Gasteiger partial charge in [-0.25, -0.2) is 4.98 Å². The largest absolute Gasteiger partial charge is 0.325 e. The number of amides is 2. The number of hydrogen-bond donors (Lipinski definition) is 2. The first kappa shape index (κ1) is 19.1. The Balaban J connectivity index is 1.30. The number of hydrogen-bond acceptors (Lipinski definition) is 5. The van der Waals surface area contributed by atoms with Crippen LogP contribution in [0.25, 0.3) is 0 Å². The summed E-state index contributed by atoms with van der Waals surface area (Å²) in [5.74, 6) is 0.255. The van der Waals surface area contributed by atoms with Crippen molar-refractivity contribution in [2.45, 2.75) is 45.6 Å². The number of anilines is 2. The van der Waals surface area contributed by atoms with Gasteiger partial charge in [0.1, 0.15) is 0 Å². The molecule has 28 heavy (non-hydrogen) atoms. The number of carbonyl (C=O) groups is 2. The van der Waals surface area contributed by atoms with Crippen LogP contribution < -0.4 is 10.6 Å². The molecule has 2 aliphatic rings. The second-order valence-electron chi connectivity index (χ2n) is 7.57. The second-order valence-corrected chi connectivity index (χ2v) is 8.65. The SMILES string of the molecule is CCc1ccc(NC(=O)CN2CCc3nc(NC(=O)C4CCC4)sc3C2)cc1. The predicted molar refractivity (Wildman–Crippen MR) is 112 cm³/mol. The topological polar surface area (TPSA) is 74.3 Å². The van der Waals surface area contributed by atoms with Gasteiger partial charge in [-0.05, 0) is 37.0 Å². The van der Waals surface area contributed by atoms with Gasteiger partial charge in [0.25, 0.3) is 0 Å². The van der Waals surface area contributed by atoms with E-state index in [0.29, 0.717) is 18.2 Å². The molecule has 1 aromatic carbocycles. The second kappa shape index (κ2) is 8.41. The molecule has 0 spiro atoms. The summed E-state index contributed by atoms with van der Waals surface area (Å²) in [5.41, 5.74) is 3.14. The Morgan fingerprint density at radius 1 is 1.21 bits per heavy atom. The van der Waals surface area contributed by atoms with Crippen molar-refractivity contribution < 1.29 is 9.59 Å². The van der Waals surface area contributed by atoms with E-state index >= 15 is 0 Å². The molecule has 0 bridgehead atoms. The first-order valence-corrected chi connectivity index (χ1v) is 10.8. The Morgan fingerprint density at radius 2 is 2.00 bits per heavy atom. The molecule has 2 aromatic rings. The van der Waals surface area contributed by atoms with E-state index in [-0.39, 0.29) is 17.7 Å². The lowest BCUT2D eigenvalue weighted by atomic mass is 9.85. The van der Waals surface area contributed by atoms with Gasteiger partial charge in [0.05, 0.1) is 12.2 Å². The summed E-state index contributed by atoms with van der Waals surface area (Å²) in [5, 5.41) is 6.64. The molecule has 2 N–H and O–H groups in total. The lowest BCUT2D eigenvalue weighted by molar-refractivity contribution is -0.122. The van der Waals surface area contributed by atoms with Crippen LogP contribution in [0.1, 0.15) is 42.3 Å². The van der Waals surface area contributed by atoms with Crippen molar-refractivity contribution >= 4 is 34.0 Å². The Bertz CT molecular complexity index is 858. The van der Waals surface area contributed by atoms with Gasteiger partial charge in [-0.1, -0.05) is 25.5 Å². The van der Waals surface area contributed by atoms with E-state index in [9.17, 15) is 9.59 Å². The number of fused-ring (bicyclic) bond motifs is 1. The molecule has 0 unspecified atom stereocenters. The minimum atomic E-state index is -0.00396. The lowest BCUT2D eigenvalue weighted by Crippen LogP contribution is -2.36. The molecule has 4 rings (SSSR count). The van der Waals surface area contributed by atoms with Gasteiger partial charge in [0.2, 0.25) is 11.8 Å². The third-order valence-electron chi connectivity index (χ3n) is 5.53. The quantitative estimate of drug-likeness (QED) is 0.782. The van der Waals surface area contributed by atoms with E-state index in [0.717, 1.165) is 54.9 Å². The number of benzene rings is 1. The van der Waals surface area contributed by atoms with Crippen LogP contribution in [-0.4, -0.2) is 34.8 Å². The minimum absolute atomic E-state index is 0.00396. The zero-order valence-electron chi connectivity index (χ0n) is 16.2. The lowest BCUT2D eigenvalue weighted by Gasteiger charge is -2.25. The Morgan fingerprint density at radius 3 is 2.68 bits per heavy atom. The van der Waals surface area contributed by atoms with E-state index < -0.39 is 0 Å². The predicted octanol–water partition coefficient (Wildman–Crippen LogP) is 3.44. The van der Waals surface area contributed by atoms with Gasteiger partial charge in [-0.15, -0.1) is 11.3 Å². The fourth-order valence-corrected chi connectivity index (χ4v) is 4.60. The van der Waals surface area contributed by atoms with E-state index in [2.05, 4.69) is 27.4 Å². The maximum Gasteiger partial charge on any atom is 0.238 e. The Hall–Kier alpha value is -2.25. The highest BCUT2D eigenvalue weighted by Crippen LogP contribution is 2.31. The van der Waals surface area contributed by atoms with E-state index in [1.54, 1.807) is 0 Å². The highest BCUT2D eigenvalue weighted by atomic mass is 32.1. The zero-order chi connectivity index (χ0) is 19.5. The van der Waals surface area contributed by atoms with Crippen LogP contribution in [0, 0.1) is 5.92 Å². The summed E-state index contributed by atoms with van der Waals surface area (Å²) in [7, 11) is 0. The number of rotatable bonds is 6. The summed E-state index contributed by atoms with van der Waals surface area (Å²) < 4.78 is 0. The normalized spacial score (nSPS) is 16.9. The average molecular weight is 399 g/mol. The fraction of sp³-hybridized carbons (Fsp3) is 0.476. The molecule has 0 atom stereocenters. The Labute approximate surface area is 169 Å². The molecule has 1 aromatic heterocycles. The van der Waals surface area contributed by atoms with Crippen molar-refractivity contribution in [2.24, 2.45) is 5.92 Å². The molecule has 1 aliphatic heterocycles. The van der Waals surface area contributed by atoms with E-state index in [1.807, 2.05) is 24.3 Å². The fourth-order valence-electron chi connectivity index (χ4n) is 3.54. The summed E-state index contributed by atoms with van der Waals surface area (Å²) in [6, 6.07) is 7.98. The molecule has 2 amide bonds. The molecule has 1 saturated carbocycles. The molecule has 148 valence electrons. The molecule has 0 saturated heterocycles. The maximum absolute atomic E-state index is 12.4. The number of carbonyl (C=O) groups excluding carboxylic acids is 2. The van der Waals surface area contributed by atoms with Crippen molar-refractivity contribution in [1.29, 1.82) is 0 Å². The average Bonchev–Trinajstić information content (AvgIpc) is 3.02. The minimum Gasteiger partial charge on any atom is -0.325 e. The first-order valence-electron chi connectivity index (χ1n) is 10.0. The van der Waals surface area contributed by atoms with Gasteiger partial charge < -0.3 is 10.6 Å². The van der Waals surface area contributed by atoms with Gasteiger partial charge in [0.15, 0.2) is 5.13 Å². The smallest absolute Gasteiger partial charge is 0.238 e. The number of aromatic nitrogens is 1. The molecule has 0 radical (unpaired) electrons. The molecule has 7 heteroatoms. The Kier molecular flexibility index (Phi) is 5.73. The van der Waals surface area contributed by atoms with Crippen LogP contribution in [0.2, 0.25) is 0 Å². The standard InChI is InChI=1S/C21H26N4O2S/c1-2-14-6-8-16(9-7-14)22-19(26)13-25-11-10-17-18(12-25)28-21(23-17)24-20(27)15-4-3-5-15/h6-9,15H,2-5,10-13H2,1H3,(H,22,26)(H,23,24,27). The van der Waals surface area contributed by atoms with Gasteiger partial charge in [0, 0.05) is 36.0 Å². The number of nitrogens with zero attached hydrogens (tertiary/aromatic N) is 2. The zero-order valence-corrected chi connectivity index (χ0v) is 17.0. The van der Waals surface area contributed by atoms with Gasteiger partial charge >= 0.3 is 0 Å². The van der Waals surface area contributed by atoms with Crippen molar-refractivity contribution in [1.82, 2.24) is 9.88 Å². The van der Waals surface area contributed by atoms with Crippen molar-refractivity contribution in [2.75, 3.05) is 23.7 Å². The van der Waals surface area contributed by atoms with Crippen molar-refractivity contribution in [3.8, 4) is 0 Å². The molecule has 1 fully saturated rings. The van der Waals surface area contributed by atoms with Crippen LogP contribution in [0.15, 0.2) is 24.3 Å². The van der Waals surface area contributed by atoms with Crippen LogP contribution in [0.5, 0.6) is 0 Å². The van der Waals surface area contributed by atoms with E-state index in [4.69, 9.17) is 0 Å². The third-order valence-corrected chi connectivity index (χ3v) is 6.53. The van der Waals surface area contributed by atoms with Crippen LogP contribution >= 0.6 is 11.3 Å². The van der Waals surface area contributed by atoms with Crippen LogP contribution in [0.3, 0.4) is 0 Å². The van der Waals surface area contributed by atoms with Crippen molar-refractivity contribution in [3.63, 3.8) is 0 Å². The number of thiazole rings is 1. The summed E-state index contributed by atoms with van der Waals surface area (Å²) >= 11 is 1.54. The molecule has 2 heterocycles. The highest BCUT2D eigenvalue weighted by Gasteiger charge is 2.27. The molecular weight excluding hydrogens is 372 g/mol. The molecular formula is C21H26N4O2S. The number of aryl methyl sites for hydroxylation is 1. The summed E-state index contributed by atoms with van der Waals surface area (Å²) in [6.45, 7) is 3.97. The monoisotopic (exact) mass is 398 g/mol. The van der Waals surface area contributed by atoms with Gasteiger partial charge in [-0.2, -0.15) is 0 Å². The van der Waals surface area contributed by atoms with E-state index in [1.165, 1.54) is 16.9 Å². The van der Waals surface area contributed by atoms with Crippen molar-refractivity contribution in [3.05, 3.63) is 40.4 Å². The maximum atomic E-state index is 12.4. The van der Waals surface area contributed by atoms with Gasteiger partial charge in [-0.3, -0.25) is 14.5 Å². The summed E-state index contributed by atoms with van der Waals surface area (Å²) in [4.78, 5) is 32.4. The highest BCUT2D eigenvalue weighted by molar-refractivity contribution is 7.15. The summed E-state index contributed by atoms with van der Waals surface area (Å²) in [6.07, 6.45) is 4.92. The number of nitrogens with one attached hydrogen (secondary N) is 2. The third kappa shape index (κ3) is 4.42. The van der Waals surface area contributed by atoms with Crippen LogP contribution in [0.4, 0.5) is 10.8 Å². The molecule has 6 nitrogen and oxygen atoms in total. The molecule has 1 aliphatic carbocycles.